The van der Waals surface area contributed by atoms with Crippen molar-refractivity contribution in [3.63, 3.8) is 0 Å². The van der Waals surface area contributed by atoms with Crippen LogP contribution in [0.3, 0.4) is 0 Å². The van der Waals surface area contributed by atoms with Crippen LogP contribution in [0.1, 0.15) is 23.7 Å². The molecule has 2 aromatic carbocycles. The molecule has 3 heterocycles. The largest absolute Gasteiger partial charge is 0.497 e. The number of nitrogens with zero attached hydrogens (tertiary/aromatic N) is 2. The molecule has 2 aliphatic heterocycles. The van der Waals surface area contributed by atoms with E-state index in [1.807, 2.05) is 55.5 Å². The van der Waals surface area contributed by atoms with E-state index in [9.17, 15) is 9.59 Å². The number of methoxy groups -OCH3 is 1. The Balaban J connectivity index is 1.52. The molecule has 29 heavy (non-hydrogen) atoms. The average Bonchev–Trinajstić information content (AvgIpc) is 3.21. The highest BCUT2D eigenvalue weighted by atomic mass is 16.5. The Morgan fingerprint density at radius 1 is 1.14 bits per heavy atom. The van der Waals surface area contributed by atoms with Gasteiger partial charge in [0.25, 0.3) is 5.91 Å². The van der Waals surface area contributed by atoms with Gasteiger partial charge in [-0.25, -0.2) is 4.79 Å². The fourth-order valence-corrected chi connectivity index (χ4v) is 4.70. The van der Waals surface area contributed by atoms with Crippen LogP contribution in [0.2, 0.25) is 0 Å². The second-order valence-electron chi connectivity index (χ2n) is 7.84. The number of rotatable bonds is 4. The van der Waals surface area contributed by atoms with Crippen molar-refractivity contribution in [1.82, 2.24) is 14.8 Å². The molecule has 1 atom stereocenters. The second kappa shape index (κ2) is 6.37. The molecule has 2 aliphatic rings. The summed E-state index contributed by atoms with van der Waals surface area (Å²) in [5.41, 5.74) is 3.01. The summed E-state index contributed by atoms with van der Waals surface area (Å²) in [6.45, 7) is 2.78. The summed E-state index contributed by atoms with van der Waals surface area (Å²) in [4.78, 5) is 33.1. The molecule has 3 aromatic rings. The Morgan fingerprint density at radius 3 is 2.69 bits per heavy atom. The maximum Gasteiger partial charge on any atom is 0.328 e. The van der Waals surface area contributed by atoms with Crippen molar-refractivity contribution in [1.29, 1.82) is 0 Å². The number of imide groups is 1. The first kappa shape index (κ1) is 17.8. The smallest absolute Gasteiger partial charge is 0.328 e. The molecular formula is C23H23N3O3. The van der Waals surface area contributed by atoms with Crippen molar-refractivity contribution in [2.24, 2.45) is 0 Å². The maximum atomic E-state index is 13.5. The van der Waals surface area contributed by atoms with E-state index in [0.717, 1.165) is 33.5 Å². The van der Waals surface area contributed by atoms with E-state index in [2.05, 4.69) is 4.98 Å². The fraction of sp³-hybridized carbons (Fsp3) is 0.304. The SMILES string of the molecule is COc1ccc2[nH]c3c(c2c1)CCN1C(=O)N(CCc2ccccc2)C(=O)C31C. The van der Waals surface area contributed by atoms with Gasteiger partial charge in [-0.2, -0.15) is 0 Å². The highest BCUT2D eigenvalue weighted by Gasteiger charge is 2.58. The van der Waals surface area contributed by atoms with Crippen molar-refractivity contribution in [3.05, 3.63) is 65.4 Å². The normalized spacial score (nSPS) is 20.9. The average molecular weight is 389 g/mol. The molecular weight excluding hydrogens is 366 g/mol. The highest BCUT2D eigenvalue weighted by Crippen LogP contribution is 2.44. The number of hydrogen-bond donors (Lipinski definition) is 1. The van der Waals surface area contributed by atoms with Gasteiger partial charge in [0.05, 0.1) is 12.8 Å². The number of hydrogen-bond acceptors (Lipinski definition) is 3. The standard InChI is InChI=1S/C23H23N3O3/c1-23-20-17(18-14-16(29-2)8-9-19(18)24-20)11-13-26(23)22(28)25(21(23)27)12-10-15-6-4-3-5-7-15/h3-9,14,24H,10-13H2,1-2H3. The summed E-state index contributed by atoms with van der Waals surface area (Å²) >= 11 is 0. The van der Waals surface area contributed by atoms with Crippen molar-refractivity contribution >= 4 is 22.8 Å². The van der Waals surface area contributed by atoms with Crippen LogP contribution in [-0.4, -0.2) is 46.9 Å². The predicted octanol–water partition coefficient (Wildman–Crippen LogP) is 3.45. The van der Waals surface area contributed by atoms with E-state index in [1.54, 1.807) is 12.0 Å². The number of aromatic amines is 1. The van der Waals surface area contributed by atoms with Gasteiger partial charge in [0.1, 0.15) is 5.75 Å². The number of urea groups is 1. The Morgan fingerprint density at radius 2 is 1.93 bits per heavy atom. The van der Waals surface area contributed by atoms with E-state index >= 15 is 0 Å². The zero-order chi connectivity index (χ0) is 20.2. The molecule has 5 rings (SSSR count). The number of amides is 3. The molecule has 148 valence electrons. The van der Waals surface area contributed by atoms with Gasteiger partial charge in [-0.15, -0.1) is 0 Å². The van der Waals surface area contributed by atoms with Gasteiger partial charge in [-0.05, 0) is 49.1 Å². The van der Waals surface area contributed by atoms with Crippen LogP contribution in [0.25, 0.3) is 10.9 Å². The van der Waals surface area contributed by atoms with Crippen molar-refractivity contribution < 1.29 is 14.3 Å². The molecule has 0 saturated carbocycles. The monoisotopic (exact) mass is 389 g/mol. The van der Waals surface area contributed by atoms with Gasteiger partial charge < -0.3 is 14.6 Å². The van der Waals surface area contributed by atoms with E-state index < -0.39 is 5.54 Å². The Hall–Kier alpha value is -3.28. The van der Waals surface area contributed by atoms with E-state index in [4.69, 9.17) is 4.74 Å². The van der Waals surface area contributed by atoms with E-state index in [1.165, 1.54) is 4.90 Å². The minimum Gasteiger partial charge on any atom is -0.497 e. The molecule has 0 radical (unpaired) electrons. The first-order chi connectivity index (χ1) is 14.0. The molecule has 0 spiro atoms. The minimum absolute atomic E-state index is 0.155. The Labute approximate surface area is 169 Å². The number of carbonyl (C=O) groups is 2. The lowest BCUT2D eigenvalue weighted by Crippen LogP contribution is -2.49. The van der Waals surface area contributed by atoms with Crippen LogP contribution >= 0.6 is 0 Å². The molecule has 1 saturated heterocycles. The van der Waals surface area contributed by atoms with Crippen LogP contribution in [0, 0.1) is 0 Å². The molecule has 1 unspecified atom stereocenters. The third-order valence-electron chi connectivity index (χ3n) is 6.32. The highest BCUT2D eigenvalue weighted by molar-refractivity contribution is 6.08. The molecule has 6 nitrogen and oxygen atoms in total. The van der Waals surface area contributed by atoms with E-state index in [0.29, 0.717) is 25.9 Å². The van der Waals surface area contributed by atoms with Gasteiger partial charge in [0.15, 0.2) is 5.54 Å². The van der Waals surface area contributed by atoms with Crippen LogP contribution in [0.4, 0.5) is 4.79 Å². The van der Waals surface area contributed by atoms with Crippen LogP contribution in [0.5, 0.6) is 5.75 Å². The lowest BCUT2D eigenvalue weighted by atomic mass is 9.87. The van der Waals surface area contributed by atoms with Gasteiger partial charge in [-0.1, -0.05) is 30.3 Å². The molecule has 1 fully saturated rings. The Kier molecular flexibility index (Phi) is 3.91. The Bertz CT molecular complexity index is 1120. The maximum absolute atomic E-state index is 13.5. The lowest BCUT2D eigenvalue weighted by molar-refractivity contribution is -0.133. The third-order valence-corrected chi connectivity index (χ3v) is 6.32. The van der Waals surface area contributed by atoms with E-state index in [-0.39, 0.29) is 11.9 Å². The quantitative estimate of drug-likeness (QED) is 0.695. The first-order valence-electron chi connectivity index (χ1n) is 9.90. The van der Waals surface area contributed by atoms with Crippen molar-refractivity contribution in [3.8, 4) is 5.75 Å². The number of ether oxygens (including phenoxy) is 1. The molecule has 0 bridgehead atoms. The lowest BCUT2D eigenvalue weighted by Gasteiger charge is -2.36. The number of aromatic nitrogens is 1. The summed E-state index contributed by atoms with van der Waals surface area (Å²) < 4.78 is 5.37. The second-order valence-corrected chi connectivity index (χ2v) is 7.84. The minimum atomic E-state index is -0.992. The van der Waals surface area contributed by atoms with Gasteiger partial charge >= 0.3 is 6.03 Å². The van der Waals surface area contributed by atoms with Gasteiger partial charge in [-0.3, -0.25) is 9.69 Å². The number of fused-ring (bicyclic) bond motifs is 5. The topological polar surface area (TPSA) is 65.6 Å². The number of H-pyrrole nitrogens is 1. The number of nitrogens with one attached hydrogen (secondary N) is 1. The zero-order valence-corrected chi connectivity index (χ0v) is 16.6. The number of benzene rings is 2. The van der Waals surface area contributed by atoms with Gasteiger partial charge in [0, 0.05) is 24.0 Å². The summed E-state index contributed by atoms with van der Waals surface area (Å²) in [6, 6.07) is 15.6. The predicted molar refractivity (Wildman–Crippen MR) is 110 cm³/mol. The van der Waals surface area contributed by atoms with Gasteiger partial charge in [0.2, 0.25) is 0 Å². The molecule has 6 heteroatoms. The van der Waals surface area contributed by atoms with Crippen LogP contribution in [0.15, 0.2) is 48.5 Å². The molecule has 0 aliphatic carbocycles. The van der Waals surface area contributed by atoms with Crippen LogP contribution in [-0.2, 0) is 23.2 Å². The summed E-state index contributed by atoms with van der Waals surface area (Å²) in [7, 11) is 1.65. The first-order valence-corrected chi connectivity index (χ1v) is 9.90. The summed E-state index contributed by atoms with van der Waals surface area (Å²) in [5, 5.41) is 1.06. The molecule has 3 amide bonds. The molecule has 1 N–H and O–H groups in total. The summed E-state index contributed by atoms with van der Waals surface area (Å²) in [6.07, 6.45) is 1.36. The fourth-order valence-electron chi connectivity index (χ4n) is 4.70. The third kappa shape index (κ3) is 2.48. The zero-order valence-electron chi connectivity index (χ0n) is 16.6. The van der Waals surface area contributed by atoms with Crippen LogP contribution < -0.4 is 4.74 Å². The summed E-state index contributed by atoms with van der Waals surface area (Å²) in [5.74, 6) is 0.628. The van der Waals surface area contributed by atoms with Crippen molar-refractivity contribution in [2.45, 2.75) is 25.3 Å². The van der Waals surface area contributed by atoms with Crippen molar-refractivity contribution in [2.75, 3.05) is 20.2 Å². The molecule has 1 aromatic heterocycles. The number of carbonyl (C=O) groups excluding carboxylic acids is 2.